The minimum Gasteiger partial charge on any atom is -0.424 e. The second-order valence-corrected chi connectivity index (χ2v) is 9.30. The molecule has 2 aromatic heterocycles. The second-order valence-electron chi connectivity index (χ2n) is 9.30. The molecule has 1 saturated heterocycles. The van der Waals surface area contributed by atoms with Gasteiger partial charge in [0.05, 0.1) is 11.6 Å². The zero-order valence-corrected chi connectivity index (χ0v) is 20.6. The molecule has 6 rings (SSSR count). The Balaban J connectivity index is 1.39. The van der Waals surface area contributed by atoms with Crippen molar-refractivity contribution in [1.29, 1.82) is 0 Å². The second kappa shape index (κ2) is 9.95. The van der Waals surface area contributed by atoms with Gasteiger partial charge < -0.3 is 9.32 Å². The predicted octanol–water partition coefficient (Wildman–Crippen LogP) is 5.21. The highest BCUT2D eigenvalue weighted by Crippen LogP contribution is 2.38. The molecular weight excluding hydrogens is 462 g/mol. The molecule has 1 aliphatic heterocycles. The molecule has 7 heteroatoms. The number of nitrogens with zero attached hydrogens (tertiary/aromatic N) is 5. The highest BCUT2D eigenvalue weighted by Gasteiger charge is 2.39. The Bertz CT molecular complexity index is 1470. The van der Waals surface area contributed by atoms with Gasteiger partial charge in [0.15, 0.2) is 0 Å². The van der Waals surface area contributed by atoms with Gasteiger partial charge in [-0.3, -0.25) is 14.7 Å². The molecular formula is C30H27N5O2. The average Bonchev–Trinajstić information content (AvgIpc) is 3.40. The minimum absolute atomic E-state index is 0.0314. The third kappa shape index (κ3) is 4.49. The number of hydrogen-bond donors (Lipinski definition) is 0. The van der Waals surface area contributed by atoms with Gasteiger partial charge >= 0.3 is 0 Å². The van der Waals surface area contributed by atoms with Crippen LogP contribution < -0.4 is 0 Å². The number of benzene rings is 3. The number of piperazine rings is 1. The topological polar surface area (TPSA) is 75.4 Å². The van der Waals surface area contributed by atoms with Crippen LogP contribution in [-0.4, -0.2) is 50.5 Å². The van der Waals surface area contributed by atoms with Gasteiger partial charge in [0.25, 0.3) is 5.91 Å². The summed E-state index contributed by atoms with van der Waals surface area (Å²) in [5.74, 6) is 0.983. The van der Waals surface area contributed by atoms with Crippen LogP contribution in [0.1, 0.15) is 45.4 Å². The van der Waals surface area contributed by atoms with E-state index in [0.29, 0.717) is 37.0 Å². The van der Waals surface area contributed by atoms with Crippen molar-refractivity contribution in [3.8, 4) is 0 Å². The fourth-order valence-corrected chi connectivity index (χ4v) is 5.26. The third-order valence-electron chi connectivity index (χ3n) is 7.00. The summed E-state index contributed by atoms with van der Waals surface area (Å²) in [4.78, 5) is 22.4. The molecule has 37 heavy (non-hydrogen) atoms. The van der Waals surface area contributed by atoms with Crippen molar-refractivity contribution in [2.75, 3.05) is 19.6 Å². The molecule has 5 aromatic rings. The van der Waals surface area contributed by atoms with E-state index >= 15 is 0 Å². The highest BCUT2D eigenvalue weighted by atomic mass is 16.4. The molecule has 0 unspecified atom stereocenters. The van der Waals surface area contributed by atoms with Crippen LogP contribution in [-0.2, 0) is 0 Å². The summed E-state index contributed by atoms with van der Waals surface area (Å²) in [5.41, 5.74) is 2.95. The molecule has 7 nitrogen and oxygen atoms in total. The van der Waals surface area contributed by atoms with Crippen molar-refractivity contribution in [3.05, 3.63) is 126 Å². The number of fused-ring (bicyclic) bond motifs is 1. The number of aryl methyl sites for hydroxylation is 1. The first-order chi connectivity index (χ1) is 18.2. The SMILES string of the molecule is Cc1nnc([C@@H]2CN(C(=O)c3cncc4ccccc34)CCN2C(c2ccccc2)c2ccccc2)o1. The van der Waals surface area contributed by atoms with Gasteiger partial charge in [-0.2, -0.15) is 0 Å². The smallest absolute Gasteiger partial charge is 0.256 e. The predicted molar refractivity (Wildman–Crippen MR) is 141 cm³/mol. The van der Waals surface area contributed by atoms with E-state index in [-0.39, 0.29) is 18.0 Å². The maximum Gasteiger partial charge on any atom is 0.256 e. The van der Waals surface area contributed by atoms with Crippen LogP contribution in [0.4, 0.5) is 0 Å². The van der Waals surface area contributed by atoms with Crippen molar-refractivity contribution in [2.45, 2.75) is 19.0 Å². The maximum atomic E-state index is 13.8. The minimum atomic E-state index is -0.271. The Hall–Kier alpha value is -4.36. The number of hydrogen-bond acceptors (Lipinski definition) is 6. The standard InChI is InChI=1S/C30H27N5O2/c1-21-32-33-29(37-21)27-20-34(30(36)26-19-31-18-24-14-8-9-15-25(24)26)16-17-35(27)28(22-10-4-2-5-11-22)23-12-6-3-7-13-23/h2-15,18-19,27-28H,16-17,20H2,1H3/t27-/m0/s1. The van der Waals surface area contributed by atoms with Gasteiger partial charge in [-0.05, 0) is 16.5 Å². The van der Waals surface area contributed by atoms with E-state index in [1.54, 1.807) is 19.3 Å². The van der Waals surface area contributed by atoms with Crippen LogP contribution in [0, 0.1) is 6.92 Å². The van der Waals surface area contributed by atoms with Gasteiger partial charge in [-0.25, -0.2) is 0 Å². The molecule has 3 aromatic carbocycles. The molecule has 1 amide bonds. The number of pyridine rings is 1. The zero-order chi connectivity index (χ0) is 25.2. The summed E-state index contributed by atoms with van der Waals surface area (Å²) in [6, 6.07) is 28.4. The molecule has 184 valence electrons. The molecule has 0 spiro atoms. The monoisotopic (exact) mass is 489 g/mol. The summed E-state index contributed by atoms with van der Waals surface area (Å²) in [6.45, 7) is 3.44. The Morgan fingerprint density at radius 3 is 2.22 bits per heavy atom. The van der Waals surface area contributed by atoms with Gasteiger partial charge in [-0.15, -0.1) is 10.2 Å². The number of aromatic nitrogens is 3. The van der Waals surface area contributed by atoms with Crippen molar-refractivity contribution in [3.63, 3.8) is 0 Å². The van der Waals surface area contributed by atoms with Crippen LogP contribution in [0.2, 0.25) is 0 Å². The lowest BCUT2D eigenvalue weighted by molar-refractivity contribution is 0.0303. The highest BCUT2D eigenvalue weighted by molar-refractivity contribution is 6.06. The van der Waals surface area contributed by atoms with Crippen molar-refractivity contribution >= 4 is 16.7 Å². The van der Waals surface area contributed by atoms with Gasteiger partial charge in [0.1, 0.15) is 6.04 Å². The van der Waals surface area contributed by atoms with E-state index in [9.17, 15) is 4.79 Å². The largest absolute Gasteiger partial charge is 0.424 e. The lowest BCUT2D eigenvalue weighted by Crippen LogP contribution is -2.51. The van der Waals surface area contributed by atoms with Crippen LogP contribution in [0.5, 0.6) is 0 Å². The Morgan fingerprint density at radius 2 is 1.54 bits per heavy atom. The number of carbonyl (C=O) groups excluding carboxylic acids is 1. The first-order valence-corrected chi connectivity index (χ1v) is 12.5. The van der Waals surface area contributed by atoms with Crippen LogP contribution in [0.15, 0.2) is 102 Å². The Labute approximate surface area is 215 Å². The van der Waals surface area contributed by atoms with E-state index in [1.165, 1.54) is 11.1 Å². The van der Waals surface area contributed by atoms with Gasteiger partial charge in [-0.1, -0.05) is 84.9 Å². The lowest BCUT2D eigenvalue weighted by atomic mass is 9.94. The fraction of sp³-hybridized carbons (Fsp3) is 0.200. The van der Waals surface area contributed by atoms with E-state index in [2.05, 4.69) is 68.6 Å². The normalized spacial score (nSPS) is 16.4. The summed E-state index contributed by atoms with van der Waals surface area (Å²) >= 11 is 0. The summed E-state index contributed by atoms with van der Waals surface area (Å²) in [7, 11) is 0. The average molecular weight is 490 g/mol. The maximum absolute atomic E-state index is 13.8. The van der Waals surface area contributed by atoms with Crippen LogP contribution in [0.3, 0.4) is 0 Å². The molecule has 3 heterocycles. The van der Waals surface area contributed by atoms with Gasteiger partial charge in [0.2, 0.25) is 11.8 Å². The molecule has 0 saturated carbocycles. The van der Waals surface area contributed by atoms with E-state index in [0.717, 1.165) is 10.8 Å². The molecule has 1 fully saturated rings. The first kappa shape index (κ1) is 23.1. The first-order valence-electron chi connectivity index (χ1n) is 12.5. The Kier molecular flexibility index (Phi) is 6.20. The summed E-state index contributed by atoms with van der Waals surface area (Å²) in [5, 5.41) is 10.4. The van der Waals surface area contributed by atoms with Crippen molar-refractivity contribution in [1.82, 2.24) is 25.0 Å². The summed E-state index contributed by atoms with van der Waals surface area (Å²) in [6.07, 6.45) is 3.46. The number of rotatable bonds is 5. The van der Waals surface area contributed by atoms with E-state index in [4.69, 9.17) is 4.42 Å². The molecule has 0 N–H and O–H groups in total. The molecule has 0 aliphatic carbocycles. The number of amides is 1. The van der Waals surface area contributed by atoms with Crippen LogP contribution in [0.25, 0.3) is 10.8 Å². The molecule has 1 atom stereocenters. The quantitative estimate of drug-likeness (QED) is 0.337. The van der Waals surface area contributed by atoms with Crippen LogP contribution >= 0.6 is 0 Å². The fourth-order valence-electron chi connectivity index (χ4n) is 5.26. The molecule has 0 radical (unpaired) electrons. The van der Waals surface area contributed by atoms with Crippen molar-refractivity contribution < 1.29 is 9.21 Å². The molecule has 0 bridgehead atoms. The van der Waals surface area contributed by atoms with Crippen molar-refractivity contribution in [2.24, 2.45) is 0 Å². The van der Waals surface area contributed by atoms with Gasteiger partial charge in [0, 0.05) is 44.3 Å². The Morgan fingerprint density at radius 1 is 0.865 bits per heavy atom. The zero-order valence-electron chi connectivity index (χ0n) is 20.6. The molecule has 1 aliphatic rings. The third-order valence-corrected chi connectivity index (χ3v) is 7.00. The lowest BCUT2D eigenvalue weighted by Gasteiger charge is -2.44. The van der Waals surface area contributed by atoms with E-state index in [1.807, 2.05) is 41.3 Å². The summed E-state index contributed by atoms with van der Waals surface area (Å²) < 4.78 is 5.96. The number of carbonyl (C=O) groups is 1. The van der Waals surface area contributed by atoms with E-state index < -0.39 is 0 Å².